The summed E-state index contributed by atoms with van der Waals surface area (Å²) < 4.78 is 61.0. The normalized spacial score (nSPS) is 23.8. The van der Waals surface area contributed by atoms with E-state index >= 15 is 0 Å². The maximum Gasteiger partial charge on any atom is 0.316 e. The van der Waals surface area contributed by atoms with Gasteiger partial charge in [-0.25, -0.2) is 13.2 Å². The van der Waals surface area contributed by atoms with Crippen LogP contribution < -0.4 is 15.2 Å². The molecule has 2 atom stereocenters. The first-order chi connectivity index (χ1) is 15.3. The molecule has 32 heavy (non-hydrogen) atoms. The zero-order valence-corrected chi connectivity index (χ0v) is 18.9. The van der Waals surface area contributed by atoms with Gasteiger partial charge in [-0.2, -0.15) is 9.78 Å². The first kappa shape index (κ1) is 22.8. The van der Waals surface area contributed by atoms with Crippen LogP contribution in [0.2, 0.25) is 0 Å². The number of benzene rings is 1. The van der Waals surface area contributed by atoms with Gasteiger partial charge in [0.25, 0.3) is 0 Å². The van der Waals surface area contributed by atoms with Gasteiger partial charge in [0.05, 0.1) is 11.9 Å². The predicted octanol–water partition coefficient (Wildman–Crippen LogP) is 3.03. The van der Waals surface area contributed by atoms with E-state index in [0.29, 0.717) is 54.9 Å². The fraction of sp³-hybridized carbons (Fsp3) is 0.545. The molecule has 0 bridgehead atoms. The van der Waals surface area contributed by atoms with Crippen molar-refractivity contribution >= 4 is 15.6 Å². The van der Waals surface area contributed by atoms with Crippen LogP contribution in [-0.4, -0.2) is 56.6 Å². The van der Waals surface area contributed by atoms with Crippen LogP contribution in [0, 0.1) is 11.6 Å². The van der Waals surface area contributed by atoms with Crippen LogP contribution in [0.5, 0.6) is 5.75 Å². The molecule has 1 aromatic heterocycles. The molecule has 2 heterocycles. The summed E-state index contributed by atoms with van der Waals surface area (Å²) in [5, 5.41) is 4.13. The Labute approximate surface area is 185 Å². The highest BCUT2D eigenvalue weighted by molar-refractivity contribution is 8.03. The number of aromatic nitrogens is 2. The summed E-state index contributed by atoms with van der Waals surface area (Å²) in [5.41, 5.74) is -0.296. The molecule has 10 heteroatoms. The molecule has 1 aliphatic carbocycles. The van der Waals surface area contributed by atoms with Crippen molar-refractivity contribution in [3.05, 3.63) is 46.4 Å². The van der Waals surface area contributed by atoms with E-state index < -0.39 is 39.4 Å². The minimum Gasteiger partial charge on any atom is -0.483 e. The van der Waals surface area contributed by atoms with Gasteiger partial charge in [0.15, 0.2) is 0 Å². The molecule has 1 saturated carbocycles. The SMILES string of the molecule is CCC[SH]1(=O)CCN(c2cnn(-c3cc(F)cc(F)c3)c(=O)c2OC2CCC(F)C2)CC1. The molecule has 0 radical (unpaired) electrons. The number of thiol groups is 1. The Bertz CT molecular complexity index is 1060. The van der Waals surface area contributed by atoms with Gasteiger partial charge in [-0.1, -0.05) is 6.92 Å². The zero-order valence-electron chi connectivity index (χ0n) is 18.0. The van der Waals surface area contributed by atoms with Crippen molar-refractivity contribution in [3.63, 3.8) is 0 Å². The number of halogens is 3. The van der Waals surface area contributed by atoms with Crippen molar-refractivity contribution in [2.24, 2.45) is 0 Å². The number of hydrogen-bond donors (Lipinski definition) is 1. The Morgan fingerprint density at radius 1 is 1.16 bits per heavy atom. The average molecular weight is 472 g/mol. The van der Waals surface area contributed by atoms with Crippen LogP contribution in [0.15, 0.2) is 29.2 Å². The summed E-state index contributed by atoms with van der Waals surface area (Å²) >= 11 is 0. The highest BCUT2D eigenvalue weighted by Gasteiger charge is 2.31. The van der Waals surface area contributed by atoms with Gasteiger partial charge >= 0.3 is 5.56 Å². The van der Waals surface area contributed by atoms with Gasteiger partial charge in [0.1, 0.15) is 29.6 Å². The molecule has 1 saturated heterocycles. The van der Waals surface area contributed by atoms with E-state index in [0.717, 1.165) is 23.2 Å². The molecule has 2 aromatic rings. The zero-order chi connectivity index (χ0) is 22.9. The van der Waals surface area contributed by atoms with Crippen molar-refractivity contribution in [1.82, 2.24) is 9.78 Å². The molecule has 0 N–H and O–H groups in total. The lowest BCUT2D eigenvalue weighted by Gasteiger charge is -2.37. The molecule has 1 aromatic carbocycles. The number of alkyl halides is 1. The maximum atomic E-state index is 13.7. The third-order valence-electron chi connectivity index (χ3n) is 6.14. The van der Waals surface area contributed by atoms with Crippen LogP contribution in [0.4, 0.5) is 18.9 Å². The van der Waals surface area contributed by atoms with E-state index in [-0.39, 0.29) is 17.9 Å². The second-order valence-electron chi connectivity index (χ2n) is 8.57. The lowest BCUT2D eigenvalue weighted by Crippen LogP contribution is -2.46. The van der Waals surface area contributed by atoms with Crippen LogP contribution in [0.1, 0.15) is 32.6 Å². The molecule has 0 spiro atoms. The minimum atomic E-state index is -2.22. The van der Waals surface area contributed by atoms with Crippen LogP contribution in [-0.2, 0) is 9.93 Å². The van der Waals surface area contributed by atoms with E-state index in [1.54, 1.807) is 0 Å². The number of hydrogen-bond acceptors (Lipinski definition) is 5. The standard InChI is InChI=1S/C22H28F3N3O3S/c1-2-7-32(30)8-5-27(6-9-32)20-14-26-28(18-11-16(24)10-17(25)12-18)22(29)21(20)31-19-4-3-15(23)13-19/h10-12,14-15,19,32H,2-9,13H2,1H3. The quantitative estimate of drug-likeness (QED) is 0.657. The average Bonchev–Trinajstić information content (AvgIpc) is 3.14. The third kappa shape index (κ3) is 4.84. The van der Waals surface area contributed by atoms with Gasteiger partial charge in [0.2, 0.25) is 5.75 Å². The van der Waals surface area contributed by atoms with Gasteiger partial charge in [0, 0.05) is 42.8 Å². The molecule has 6 nitrogen and oxygen atoms in total. The topological polar surface area (TPSA) is 64.4 Å². The Balaban J connectivity index is 1.70. The fourth-order valence-electron chi connectivity index (χ4n) is 4.47. The van der Waals surface area contributed by atoms with Gasteiger partial charge in [-0.15, -0.1) is 9.93 Å². The van der Waals surface area contributed by atoms with E-state index in [4.69, 9.17) is 4.74 Å². The largest absolute Gasteiger partial charge is 0.483 e. The van der Waals surface area contributed by atoms with Crippen molar-refractivity contribution < 1.29 is 22.1 Å². The molecular weight excluding hydrogens is 443 g/mol. The van der Waals surface area contributed by atoms with Gasteiger partial charge in [-0.05, 0) is 31.4 Å². The molecule has 2 aliphatic rings. The Hall–Kier alpha value is -2.36. The van der Waals surface area contributed by atoms with Crippen molar-refractivity contribution in [2.45, 2.75) is 44.9 Å². The first-order valence-corrected chi connectivity index (χ1v) is 13.3. The van der Waals surface area contributed by atoms with Gasteiger partial charge in [-0.3, -0.25) is 9.00 Å². The highest BCUT2D eigenvalue weighted by atomic mass is 32.2. The lowest BCUT2D eigenvalue weighted by atomic mass is 10.2. The molecule has 2 unspecified atom stereocenters. The number of ether oxygens (including phenoxy) is 1. The second-order valence-corrected chi connectivity index (χ2v) is 12.0. The summed E-state index contributed by atoms with van der Waals surface area (Å²) in [5.74, 6) is 0.0898. The predicted molar refractivity (Wildman–Crippen MR) is 120 cm³/mol. The lowest BCUT2D eigenvalue weighted by molar-refractivity contribution is 0.193. The number of rotatable bonds is 6. The van der Waals surface area contributed by atoms with E-state index in [1.165, 1.54) is 6.20 Å². The van der Waals surface area contributed by atoms with Crippen molar-refractivity contribution in [3.8, 4) is 11.4 Å². The van der Waals surface area contributed by atoms with E-state index in [2.05, 4.69) is 5.10 Å². The monoisotopic (exact) mass is 471 g/mol. The Kier molecular flexibility index (Phi) is 6.60. The molecule has 1 aliphatic heterocycles. The number of anilines is 1. The summed E-state index contributed by atoms with van der Waals surface area (Å²) in [6.07, 6.45) is 1.85. The summed E-state index contributed by atoms with van der Waals surface area (Å²) in [7, 11) is -2.22. The van der Waals surface area contributed by atoms with Crippen LogP contribution in [0.25, 0.3) is 5.69 Å². The molecule has 2 fully saturated rings. The molecule has 4 rings (SSSR count). The van der Waals surface area contributed by atoms with E-state index in [9.17, 15) is 22.2 Å². The fourth-order valence-corrected chi connectivity index (χ4v) is 7.17. The summed E-state index contributed by atoms with van der Waals surface area (Å²) in [4.78, 5) is 15.2. The van der Waals surface area contributed by atoms with E-state index in [1.807, 2.05) is 11.8 Å². The first-order valence-electron chi connectivity index (χ1n) is 11.0. The maximum absolute atomic E-state index is 13.7. The summed E-state index contributed by atoms with van der Waals surface area (Å²) in [6.45, 7) is 2.99. The second kappa shape index (κ2) is 9.25. The molecule has 0 amide bonds. The smallest absolute Gasteiger partial charge is 0.316 e. The Morgan fingerprint density at radius 2 is 1.84 bits per heavy atom. The minimum absolute atomic E-state index is 0.0176. The molecule has 176 valence electrons. The molecular formula is C22H28F3N3O3S. The number of nitrogens with zero attached hydrogens (tertiary/aromatic N) is 3. The van der Waals surface area contributed by atoms with Crippen LogP contribution >= 0.6 is 0 Å². The van der Waals surface area contributed by atoms with Crippen molar-refractivity contribution in [1.29, 1.82) is 0 Å². The third-order valence-corrected chi connectivity index (χ3v) is 9.43. The Morgan fingerprint density at radius 3 is 2.44 bits per heavy atom. The summed E-state index contributed by atoms with van der Waals surface area (Å²) in [6, 6.07) is 2.73. The van der Waals surface area contributed by atoms with Crippen molar-refractivity contribution in [2.75, 3.05) is 35.2 Å². The van der Waals surface area contributed by atoms with Gasteiger partial charge < -0.3 is 9.64 Å². The van der Waals surface area contributed by atoms with Crippen LogP contribution in [0.3, 0.4) is 0 Å². The highest BCUT2D eigenvalue weighted by Crippen LogP contribution is 2.32.